The molecule has 11 heteroatoms. The van der Waals surface area contributed by atoms with E-state index in [2.05, 4.69) is 10.2 Å². The first-order chi connectivity index (χ1) is 15.4. The third kappa shape index (κ3) is 7.67. The summed E-state index contributed by atoms with van der Waals surface area (Å²) >= 11 is 2.46. The average Bonchev–Trinajstić information content (AvgIpc) is 2.81. The summed E-state index contributed by atoms with van der Waals surface area (Å²) in [6.07, 6.45) is 0.727. The highest BCUT2D eigenvalue weighted by Crippen LogP contribution is 2.34. The zero-order valence-corrected chi connectivity index (χ0v) is 19.8. The van der Waals surface area contributed by atoms with Crippen LogP contribution in [0.2, 0.25) is 0 Å². The molecule has 0 spiro atoms. The summed E-state index contributed by atoms with van der Waals surface area (Å²) in [6.45, 7) is 3.84. The number of hydrogen-bond acceptors (Lipinski definition) is 7. The quantitative estimate of drug-likeness (QED) is 0.362. The molecule has 3 N–H and O–H groups in total. The second-order valence-electron chi connectivity index (χ2n) is 7.20. The van der Waals surface area contributed by atoms with Gasteiger partial charge in [0.1, 0.15) is 0 Å². The minimum Gasteiger partial charge on any atom is -0.380 e. The third-order valence-electron chi connectivity index (χ3n) is 4.95. The summed E-state index contributed by atoms with van der Waals surface area (Å²) in [5, 5.41) is 8.76. The van der Waals surface area contributed by atoms with E-state index in [1.807, 2.05) is 30.3 Å². The number of thioether (sulfide) groups is 1. The van der Waals surface area contributed by atoms with Crippen LogP contribution < -0.4 is 10.5 Å². The van der Waals surface area contributed by atoms with Crippen LogP contribution in [0.25, 0.3) is 0 Å². The standard InChI is InChI=1S/C21H26F3N3O2S3/c22-21(23,24)32(28)20-14-18(31-25)6-7-19(20)26-16(8-9-27-10-12-29-13-11-27)15-30-17-4-2-1-3-5-17/h1-7,14,16,26H,8-13,15,25H2. The van der Waals surface area contributed by atoms with Crippen molar-refractivity contribution in [3.8, 4) is 0 Å². The number of nitrogens with one attached hydrogen (secondary N) is 1. The molecule has 2 aromatic rings. The molecule has 0 saturated carbocycles. The Morgan fingerprint density at radius 3 is 2.50 bits per heavy atom. The van der Waals surface area contributed by atoms with Gasteiger partial charge in [0.2, 0.25) is 0 Å². The van der Waals surface area contributed by atoms with Crippen LogP contribution in [0.1, 0.15) is 6.42 Å². The molecular weight excluding hydrogens is 479 g/mol. The molecule has 1 heterocycles. The molecule has 0 bridgehead atoms. The van der Waals surface area contributed by atoms with Crippen molar-refractivity contribution in [3.63, 3.8) is 0 Å². The van der Waals surface area contributed by atoms with Gasteiger partial charge in [0, 0.05) is 41.2 Å². The van der Waals surface area contributed by atoms with Gasteiger partial charge in [-0.15, -0.1) is 11.8 Å². The number of halogens is 3. The SMILES string of the molecule is NSc1ccc(NC(CCN2CCOCC2)CSc2ccccc2)c(S(=O)C(F)(F)F)c1. The zero-order chi connectivity index (χ0) is 23.0. The molecule has 2 unspecified atom stereocenters. The van der Waals surface area contributed by atoms with Crippen molar-refractivity contribution in [1.82, 2.24) is 4.90 Å². The van der Waals surface area contributed by atoms with Crippen LogP contribution in [0, 0.1) is 0 Å². The Kier molecular flexibility index (Phi) is 9.75. The maximum atomic E-state index is 13.3. The Labute approximate surface area is 197 Å². The van der Waals surface area contributed by atoms with Crippen molar-refractivity contribution in [2.24, 2.45) is 5.14 Å². The lowest BCUT2D eigenvalue weighted by Gasteiger charge is -2.29. The summed E-state index contributed by atoms with van der Waals surface area (Å²) in [6, 6.07) is 14.1. The molecule has 2 aromatic carbocycles. The van der Waals surface area contributed by atoms with Crippen molar-refractivity contribution >= 4 is 40.2 Å². The van der Waals surface area contributed by atoms with Crippen LogP contribution in [0.4, 0.5) is 18.9 Å². The van der Waals surface area contributed by atoms with E-state index in [4.69, 9.17) is 9.88 Å². The highest BCUT2D eigenvalue weighted by Gasteiger charge is 2.39. The molecule has 1 aliphatic rings. The first-order valence-electron chi connectivity index (χ1n) is 10.1. The van der Waals surface area contributed by atoms with Gasteiger partial charge in [-0.25, -0.2) is 4.21 Å². The Hall–Kier alpha value is -1.24. The second kappa shape index (κ2) is 12.3. The highest BCUT2D eigenvalue weighted by atomic mass is 32.2. The average molecular weight is 506 g/mol. The van der Waals surface area contributed by atoms with Gasteiger partial charge in [-0.1, -0.05) is 18.2 Å². The van der Waals surface area contributed by atoms with E-state index in [9.17, 15) is 17.4 Å². The van der Waals surface area contributed by atoms with Gasteiger partial charge in [0.25, 0.3) is 0 Å². The summed E-state index contributed by atoms with van der Waals surface area (Å²) in [4.78, 5) is 3.49. The lowest BCUT2D eigenvalue weighted by atomic mass is 10.2. The van der Waals surface area contributed by atoms with E-state index >= 15 is 0 Å². The number of nitrogens with two attached hydrogens (primary N) is 1. The Bertz CT molecular complexity index is 882. The lowest BCUT2D eigenvalue weighted by Crippen LogP contribution is -2.39. The lowest BCUT2D eigenvalue weighted by molar-refractivity contribution is -0.0384. The summed E-state index contributed by atoms with van der Waals surface area (Å²) in [5.74, 6) is 0.653. The maximum absolute atomic E-state index is 13.3. The molecule has 3 rings (SSSR count). The summed E-state index contributed by atoms with van der Waals surface area (Å²) in [7, 11) is -3.15. The number of alkyl halides is 3. The van der Waals surface area contributed by atoms with Gasteiger partial charge in [-0.2, -0.15) is 13.2 Å². The van der Waals surface area contributed by atoms with E-state index < -0.39 is 16.3 Å². The normalized spacial score (nSPS) is 17.1. The number of hydrogen-bond donors (Lipinski definition) is 2. The van der Waals surface area contributed by atoms with Crippen molar-refractivity contribution in [3.05, 3.63) is 48.5 Å². The zero-order valence-electron chi connectivity index (χ0n) is 17.3. The second-order valence-corrected chi connectivity index (χ2v) is 10.4. The van der Waals surface area contributed by atoms with Crippen molar-refractivity contribution in [2.45, 2.75) is 32.7 Å². The molecule has 32 heavy (non-hydrogen) atoms. The van der Waals surface area contributed by atoms with Gasteiger partial charge in [-0.3, -0.25) is 10.0 Å². The van der Waals surface area contributed by atoms with E-state index in [0.29, 0.717) is 23.9 Å². The van der Waals surface area contributed by atoms with Crippen molar-refractivity contribution < 1.29 is 22.1 Å². The van der Waals surface area contributed by atoms with Crippen molar-refractivity contribution in [2.75, 3.05) is 43.9 Å². The van der Waals surface area contributed by atoms with Crippen LogP contribution in [0.3, 0.4) is 0 Å². The fourth-order valence-electron chi connectivity index (χ4n) is 3.27. The Morgan fingerprint density at radius 2 is 1.84 bits per heavy atom. The van der Waals surface area contributed by atoms with E-state index in [1.165, 1.54) is 12.1 Å². The number of rotatable bonds is 10. The van der Waals surface area contributed by atoms with Crippen LogP contribution in [-0.4, -0.2) is 59.3 Å². The Balaban J connectivity index is 1.78. The van der Waals surface area contributed by atoms with E-state index in [1.54, 1.807) is 17.8 Å². The molecule has 176 valence electrons. The van der Waals surface area contributed by atoms with Crippen molar-refractivity contribution in [1.29, 1.82) is 0 Å². The molecule has 0 radical (unpaired) electrons. The predicted molar refractivity (Wildman–Crippen MR) is 125 cm³/mol. The third-order valence-corrected chi connectivity index (χ3v) is 7.81. The van der Waals surface area contributed by atoms with Crippen LogP contribution in [0.5, 0.6) is 0 Å². The molecule has 1 aliphatic heterocycles. The highest BCUT2D eigenvalue weighted by molar-refractivity contribution is 7.99. The number of ether oxygens (including phenoxy) is 1. The van der Waals surface area contributed by atoms with Gasteiger partial charge in [-0.05, 0) is 48.7 Å². The first-order valence-corrected chi connectivity index (χ1v) is 13.1. The van der Waals surface area contributed by atoms with E-state index in [-0.39, 0.29) is 16.6 Å². The molecule has 2 atom stereocenters. The van der Waals surface area contributed by atoms with Crippen LogP contribution in [-0.2, 0) is 15.5 Å². The summed E-state index contributed by atoms with van der Waals surface area (Å²) < 4.78 is 57.4. The minimum atomic E-state index is -4.85. The first kappa shape index (κ1) is 25.4. The molecule has 0 aliphatic carbocycles. The minimum absolute atomic E-state index is 0.122. The maximum Gasteiger partial charge on any atom is 0.475 e. The fourth-order valence-corrected chi connectivity index (χ4v) is 5.48. The smallest absolute Gasteiger partial charge is 0.380 e. The van der Waals surface area contributed by atoms with Gasteiger partial charge < -0.3 is 10.1 Å². The number of anilines is 1. The van der Waals surface area contributed by atoms with Gasteiger partial charge in [0.05, 0.1) is 23.8 Å². The number of benzene rings is 2. The predicted octanol–water partition coefficient (Wildman–Crippen LogP) is 4.57. The molecule has 0 aromatic heterocycles. The topological polar surface area (TPSA) is 67.6 Å². The summed E-state index contributed by atoms with van der Waals surface area (Å²) in [5.41, 5.74) is -4.63. The van der Waals surface area contributed by atoms with Gasteiger partial charge in [0.15, 0.2) is 10.8 Å². The molecule has 5 nitrogen and oxygen atoms in total. The monoisotopic (exact) mass is 505 g/mol. The van der Waals surface area contributed by atoms with E-state index in [0.717, 1.165) is 42.9 Å². The molecule has 1 fully saturated rings. The molecule has 1 saturated heterocycles. The number of morpholine rings is 1. The van der Waals surface area contributed by atoms with Crippen LogP contribution >= 0.6 is 23.7 Å². The van der Waals surface area contributed by atoms with Crippen LogP contribution in [0.15, 0.2) is 63.2 Å². The molecular formula is C21H26F3N3O2S3. The Morgan fingerprint density at radius 1 is 1.12 bits per heavy atom. The molecule has 0 amide bonds. The number of nitrogens with zero attached hydrogens (tertiary/aromatic N) is 1. The largest absolute Gasteiger partial charge is 0.475 e. The fraction of sp³-hybridized carbons (Fsp3) is 0.429. The van der Waals surface area contributed by atoms with Gasteiger partial charge >= 0.3 is 5.51 Å².